The minimum absolute atomic E-state index is 0.0680. The van der Waals surface area contributed by atoms with Crippen LogP contribution in [0.25, 0.3) is 0 Å². The minimum atomic E-state index is -1.30. The van der Waals surface area contributed by atoms with Crippen LogP contribution < -0.4 is 0 Å². The van der Waals surface area contributed by atoms with E-state index in [9.17, 15) is 9.90 Å². The summed E-state index contributed by atoms with van der Waals surface area (Å²) in [5, 5.41) is 25.8. The molecular weight excluding hydrogens is 196 g/mol. The maximum absolute atomic E-state index is 10.8. The predicted octanol–water partition coefficient (Wildman–Crippen LogP) is 0.654. The van der Waals surface area contributed by atoms with Gasteiger partial charge < -0.3 is 10.2 Å². The standard InChI is InChI=1S/C10H14N2O3/c1-6-2-3-7-5-11-12-9(7)10(6,15)4-8(13)14/h5-6,15H,2-4H2,1H3,(H,11,12)(H,13,14). The van der Waals surface area contributed by atoms with Crippen LogP contribution in [0.3, 0.4) is 0 Å². The van der Waals surface area contributed by atoms with Crippen LogP contribution in [0.2, 0.25) is 0 Å². The first-order chi connectivity index (χ1) is 7.04. The van der Waals surface area contributed by atoms with Crippen molar-refractivity contribution in [3.8, 4) is 0 Å². The van der Waals surface area contributed by atoms with Crippen LogP contribution in [0.15, 0.2) is 6.20 Å². The fraction of sp³-hybridized carbons (Fsp3) is 0.600. The summed E-state index contributed by atoms with van der Waals surface area (Å²) in [5.74, 6) is -1.06. The van der Waals surface area contributed by atoms with Crippen molar-refractivity contribution in [1.82, 2.24) is 10.2 Å². The van der Waals surface area contributed by atoms with Crippen LogP contribution in [0.4, 0.5) is 0 Å². The van der Waals surface area contributed by atoms with E-state index in [-0.39, 0.29) is 12.3 Å². The van der Waals surface area contributed by atoms with Crippen LogP contribution in [-0.4, -0.2) is 26.4 Å². The second kappa shape index (κ2) is 3.34. The fourth-order valence-electron chi connectivity index (χ4n) is 2.23. The SMILES string of the molecule is CC1CCc2cn[nH]c2C1(O)CC(=O)O. The summed E-state index contributed by atoms with van der Waals surface area (Å²) in [6.45, 7) is 1.87. The van der Waals surface area contributed by atoms with E-state index in [4.69, 9.17) is 5.11 Å². The number of hydrogen-bond acceptors (Lipinski definition) is 3. The molecular formula is C10H14N2O3. The molecule has 2 atom stereocenters. The zero-order valence-electron chi connectivity index (χ0n) is 8.53. The highest BCUT2D eigenvalue weighted by atomic mass is 16.4. The van der Waals surface area contributed by atoms with E-state index in [1.54, 1.807) is 6.20 Å². The van der Waals surface area contributed by atoms with Gasteiger partial charge in [0.25, 0.3) is 0 Å². The first-order valence-electron chi connectivity index (χ1n) is 5.01. The van der Waals surface area contributed by atoms with Gasteiger partial charge in [-0.3, -0.25) is 9.89 Å². The molecule has 0 spiro atoms. The molecule has 1 aliphatic rings. The molecule has 15 heavy (non-hydrogen) atoms. The second-order valence-corrected chi connectivity index (χ2v) is 4.20. The Labute approximate surface area is 87.1 Å². The van der Waals surface area contributed by atoms with Crippen molar-refractivity contribution < 1.29 is 15.0 Å². The summed E-state index contributed by atoms with van der Waals surface area (Å²) in [6.07, 6.45) is 3.02. The Morgan fingerprint density at radius 2 is 2.53 bits per heavy atom. The number of aryl methyl sites for hydroxylation is 1. The number of H-pyrrole nitrogens is 1. The summed E-state index contributed by atoms with van der Waals surface area (Å²) >= 11 is 0. The van der Waals surface area contributed by atoms with E-state index in [1.165, 1.54) is 0 Å². The maximum atomic E-state index is 10.8. The lowest BCUT2D eigenvalue weighted by atomic mass is 9.74. The highest BCUT2D eigenvalue weighted by Gasteiger charge is 2.43. The molecule has 2 unspecified atom stereocenters. The minimum Gasteiger partial charge on any atom is -0.481 e. The zero-order valence-corrected chi connectivity index (χ0v) is 8.53. The molecule has 5 heteroatoms. The third-order valence-electron chi connectivity index (χ3n) is 3.23. The molecule has 0 bridgehead atoms. The van der Waals surface area contributed by atoms with Gasteiger partial charge >= 0.3 is 5.97 Å². The molecule has 0 saturated carbocycles. The third kappa shape index (κ3) is 1.52. The smallest absolute Gasteiger partial charge is 0.306 e. The van der Waals surface area contributed by atoms with Crippen LogP contribution in [-0.2, 0) is 16.8 Å². The van der Waals surface area contributed by atoms with Crippen LogP contribution in [0, 0.1) is 5.92 Å². The molecule has 0 aromatic carbocycles. The Hall–Kier alpha value is -1.36. The van der Waals surface area contributed by atoms with E-state index in [0.717, 1.165) is 18.4 Å². The van der Waals surface area contributed by atoms with E-state index in [2.05, 4.69) is 10.2 Å². The second-order valence-electron chi connectivity index (χ2n) is 4.20. The lowest BCUT2D eigenvalue weighted by Crippen LogP contribution is -2.40. The van der Waals surface area contributed by atoms with Gasteiger partial charge in [0.1, 0.15) is 5.60 Å². The fourth-order valence-corrected chi connectivity index (χ4v) is 2.23. The Kier molecular flexibility index (Phi) is 2.26. The van der Waals surface area contributed by atoms with Gasteiger partial charge in [0.05, 0.1) is 18.3 Å². The number of aliphatic carboxylic acids is 1. The normalized spacial score (nSPS) is 29.9. The van der Waals surface area contributed by atoms with Crippen molar-refractivity contribution in [2.75, 3.05) is 0 Å². The topological polar surface area (TPSA) is 86.2 Å². The van der Waals surface area contributed by atoms with Crippen molar-refractivity contribution in [2.24, 2.45) is 5.92 Å². The lowest BCUT2D eigenvalue weighted by molar-refractivity contribution is -0.146. The Balaban J connectivity index is 2.42. The van der Waals surface area contributed by atoms with Gasteiger partial charge in [-0.25, -0.2) is 0 Å². The summed E-state index contributed by atoms with van der Waals surface area (Å²) < 4.78 is 0. The van der Waals surface area contributed by atoms with Crippen molar-refractivity contribution in [1.29, 1.82) is 0 Å². The number of carboxylic acid groups (broad SMARTS) is 1. The summed E-state index contributed by atoms with van der Waals surface area (Å²) in [7, 11) is 0. The molecule has 5 nitrogen and oxygen atoms in total. The van der Waals surface area contributed by atoms with E-state index < -0.39 is 11.6 Å². The van der Waals surface area contributed by atoms with Crippen LogP contribution >= 0.6 is 0 Å². The number of hydrogen-bond donors (Lipinski definition) is 3. The molecule has 0 aliphatic heterocycles. The first kappa shape index (κ1) is 10.2. The molecule has 1 aromatic rings. The molecule has 1 heterocycles. The number of fused-ring (bicyclic) bond motifs is 1. The predicted molar refractivity (Wildman–Crippen MR) is 52.2 cm³/mol. The van der Waals surface area contributed by atoms with Gasteiger partial charge in [-0.1, -0.05) is 6.92 Å². The first-order valence-corrected chi connectivity index (χ1v) is 5.01. The molecule has 1 aliphatic carbocycles. The Bertz CT molecular complexity index is 388. The van der Waals surface area contributed by atoms with Gasteiger partial charge in [0.2, 0.25) is 0 Å². The van der Waals surface area contributed by atoms with Crippen molar-refractivity contribution in [3.05, 3.63) is 17.5 Å². The number of aliphatic hydroxyl groups is 1. The molecule has 2 rings (SSSR count). The highest BCUT2D eigenvalue weighted by Crippen LogP contribution is 2.40. The van der Waals surface area contributed by atoms with Gasteiger partial charge in [-0.15, -0.1) is 0 Å². The van der Waals surface area contributed by atoms with Crippen molar-refractivity contribution >= 4 is 5.97 Å². The number of aromatic nitrogens is 2. The third-order valence-corrected chi connectivity index (χ3v) is 3.23. The van der Waals surface area contributed by atoms with Crippen molar-refractivity contribution in [3.63, 3.8) is 0 Å². The summed E-state index contributed by atoms with van der Waals surface area (Å²) in [4.78, 5) is 10.8. The zero-order chi connectivity index (χ0) is 11.1. The highest BCUT2D eigenvalue weighted by molar-refractivity contribution is 5.68. The van der Waals surface area contributed by atoms with E-state index >= 15 is 0 Å². The number of aromatic amines is 1. The number of carboxylic acids is 1. The average Bonchev–Trinajstić information content (AvgIpc) is 2.59. The van der Waals surface area contributed by atoms with Gasteiger partial charge in [-0.2, -0.15) is 5.10 Å². The molecule has 3 N–H and O–H groups in total. The number of nitrogens with one attached hydrogen (secondary N) is 1. The molecule has 0 radical (unpaired) electrons. The van der Waals surface area contributed by atoms with Gasteiger partial charge in [0, 0.05) is 0 Å². The summed E-state index contributed by atoms with van der Waals surface area (Å²) in [6, 6.07) is 0. The van der Waals surface area contributed by atoms with Crippen LogP contribution in [0.5, 0.6) is 0 Å². The maximum Gasteiger partial charge on any atom is 0.306 e. The Morgan fingerprint density at radius 3 is 3.20 bits per heavy atom. The number of nitrogens with zero attached hydrogens (tertiary/aromatic N) is 1. The number of rotatable bonds is 2. The van der Waals surface area contributed by atoms with E-state index in [0.29, 0.717) is 5.69 Å². The van der Waals surface area contributed by atoms with Crippen LogP contribution in [0.1, 0.15) is 31.0 Å². The monoisotopic (exact) mass is 210 g/mol. The molecule has 1 aromatic heterocycles. The largest absolute Gasteiger partial charge is 0.481 e. The molecule has 0 saturated heterocycles. The quantitative estimate of drug-likeness (QED) is 0.669. The molecule has 0 amide bonds. The summed E-state index contributed by atoms with van der Waals surface area (Å²) in [5.41, 5.74) is 0.205. The number of carbonyl (C=O) groups is 1. The molecule has 82 valence electrons. The van der Waals surface area contributed by atoms with Gasteiger partial charge in [0.15, 0.2) is 0 Å². The lowest BCUT2D eigenvalue weighted by Gasteiger charge is -2.36. The van der Waals surface area contributed by atoms with E-state index in [1.807, 2.05) is 6.92 Å². The average molecular weight is 210 g/mol. The van der Waals surface area contributed by atoms with Crippen molar-refractivity contribution in [2.45, 2.75) is 31.8 Å². The van der Waals surface area contributed by atoms with Gasteiger partial charge in [-0.05, 0) is 24.3 Å². The Morgan fingerprint density at radius 1 is 1.80 bits per heavy atom. The molecule has 0 fully saturated rings.